The molecule has 2 amide bonds. The summed E-state index contributed by atoms with van der Waals surface area (Å²) in [6, 6.07) is 11.6. The van der Waals surface area contributed by atoms with Gasteiger partial charge in [0, 0.05) is 25.4 Å². The van der Waals surface area contributed by atoms with Crippen molar-refractivity contribution < 1.29 is 9.53 Å². The van der Waals surface area contributed by atoms with Gasteiger partial charge in [0.15, 0.2) is 5.82 Å². The molecule has 0 saturated carbocycles. The van der Waals surface area contributed by atoms with Crippen LogP contribution in [0.1, 0.15) is 18.4 Å². The number of ether oxygens (including phenoxy) is 1. The van der Waals surface area contributed by atoms with Gasteiger partial charge < -0.3 is 10.1 Å². The zero-order chi connectivity index (χ0) is 15.2. The first-order chi connectivity index (χ1) is 10.8. The van der Waals surface area contributed by atoms with Gasteiger partial charge in [-0.15, -0.1) is 0 Å². The zero-order valence-corrected chi connectivity index (χ0v) is 12.4. The number of carbonyl (C=O) groups is 1. The molecule has 6 heteroatoms. The highest BCUT2D eigenvalue weighted by atomic mass is 16.5. The van der Waals surface area contributed by atoms with E-state index in [-0.39, 0.29) is 12.1 Å². The number of benzene rings is 1. The van der Waals surface area contributed by atoms with Crippen molar-refractivity contribution in [2.45, 2.75) is 25.5 Å². The van der Waals surface area contributed by atoms with E-state index in [2.05, 4.69) is 15.7 Å². The second kappa shape index (κ2) is 7.09. The predicted octanol–water partition coefficient (Wildman–Crippen LogP) is 2.23. The van der Waals surface area contributed by atoms with Gasteiger partial charge in [-0.25, -0.2) is 4.79 Å². The summed E-state index contributed by atoms with van der Waals surface area (Å²) in [6.07, 6.45) is 4.06. The molecular weight excluding hydrogens is 280 g/mol. The molecule has 1 fully saturated rings. The summed E-state index contributed by atoms with van der Waals surface area (Å²) in [6.45, 7) is 2.01. The fraction of sp³-hybridized carbons (Fsp3) is 0.375. The van der Waals surface area contributed by atoms with Crippen LogP contribution >= 0.6 is 0 Å². The van der Waals surface area contributed by atoms with E-state index in [0.29, 0.717) is 18.9 Å². The van der Waals surface area contributed by atoms with Gasteiger partial charge in [0.2, 0.25) is 0 Å². The summed E-state index contributed by atoms with van der Waals surface area (Å²) in [5, 5.41) is 9.88. The van der Waals surface area contributed by atoms with Crippen molar-refractivity contribution in [3.63, 3.8) is 0 Å². The Kier molecular flexibility index (Phi) is 4.70. The summed E-state index contributed by atoms with van der Waals surface area (Å²) in [5.74, 6) is 0.542. The Morgan fingerprint density at radius 2 is 2.18 bits per heavy atom. The quantitative estimate of drug-likeness (QED) is 0.889. The highest BCUT2D eigenvalue weighted by Gasteiger charge is 2.16. The molecule has 1 aliphatic rings. The number of rotatable bonds is 5. The molecule has 0 aliphatic carbocycles. The Morgan fingerprint density at radius 1 is 1.32 bits per heavy atom. The minimum Gasteiger partial charge on any atom is -0.376 e. The van der Waals surface area contributed by atoms with Crippen molar-refractivity contribution in [1.29, 1.82) is 0 Å². The number of aromatic nitrogens is 2. The Labute approximate surface area is 129 Å². The molecular formula is C16H20N4O2. The van der Waals surface area contributed by atoms with Crippen molar-refractivity contribution in [1.82, 2.24) is 15.1 Å². The molecule has 2 N–H and O–H groups in total. The number of hydrogen-bond donors (Lipinski definition) is 2. The number of urea groups is 1. The van der Waals surface area contributed by atoms with Crippen LogP contribution in [0.5, 0.6) is 0 Å². The standard InChI is InChI=1S/C16H20N4O2/c21-16(17-11-14-7-4-10-22-14)18-15-8-9-20(19-15)12-13-5-2-1-3-6-13/h1-3,5-6,8-9,14H,4,7,10-12H2,(H2,17,18,19,21)/t14-/m1/s1. The minimum atomic E-state index is -0.250. The molecule has 0 spiro atoms. The lowest BCUT2D eigenvalue weighted by Gasteiger charge is -2.10. The fourth-order valence-corrected chi connectivity index (χ4v) is 2.46. The van der Waals surface area contributed by atoms with Crippen molar-refractivity contribution in [3.05, 3.63) is 48.2 Å². The molecule has 1 aliphatic heterocycles. The van der Waals surface area contributed by atoms with Crippen molar-refractivity contribution in [2.75, 3.05) is 18.5 Å². The first-order valence-corrected chi connectivity index (χ1v) is 7.53. The van der Waals surface area contributed by atoms with Gasteiger partial charge >= 0.3 is 6.03 Å². The van der Waals surface area contributed by atoms with E-state index in [4.69, 9.17) is 4.74 Å². The summed E-state index contributed by atoms with van der Waals surface area (Å²) in [4.78, 5) is 11.8. The van der Waals surface area contributed by atoms with E-state index in [0.717, 1.165) is 19.4 Å². The van der Waals surface area contributed by atoms with Crippen LogP contribution in [0, 0.1) is 0 Å². The average molecular weight is 300 g/mol. The lowest BCUT2D eigenvalue weighted by molar-refractivity contribution is 0.112. The van der Waals surface area contributed by atoms with Crippen LogP contribution in [0.2, 0.25) is 0 Å². The van der Waals surface area contributed by atoms with Crippen LogP contribution in [0.25, 0.3) is 0 Å². The van der Waals surface area contributed by atoms with Crippen LogP contribution in [0.3, 0.4) is 0 Å². The summed E-state index contributed by atoms with van der Waals surface area (Å²) in [5.41, 5.74) is 1.17. The molecule has 1 aromatic heterocycles. The van der Waals surface area contributed by atoms with Gasteiger partial charge in [-0.3, -0.25) is 10.00 Å². The number of carbonyl (C=O) groups excluding carboxylic acids is 1. The molecule has 1 aromatic carbocycles. The fourth-order valence-electron chi connectivity index (χ4n) is 2.46. The smallest absolute Gasteiger partial charge is 0.320 e. The summed E-state index contributed by atoms with van der Waals surface area (Å²) in [7, 11) is 0. The van der Waals surface area contributed by atoms with Gasteiger partial charge in [0.25, 0.3) is 0 Å². The molecule has 3 rings (SSSR count). The van der Waals surface area contributed by atoms with Gasteiger partial charge in [-0.1, -0.05) is 30.3 Å². The Hall–Kier alpha value is -2.34. The van der Waals surface area contributed by atoms with Crippen molar-refractivity contribution in [3.8, 4) is 0 Å². The lowest BCUT2D eigenvalue weighted by Crippen LogP contribution is -2.35. The third-order valence-corrected chi connectivity index (χ3v) is 3.58. The molecule has 1 atom stereocenters. The predicted molar refractivity (Wildman–Crippen MR) is 83.8 cm³/mol. The Balaban J connectivity index is 1.47. The molecule has 6 nitrogen and oxygen atoms in total. The second-order valence-electron chi connectivity index (χ2n) is 5.35. The first kappa shape index (κ1) is 14.6. The third-order valence-electron chi connectivity index (χ3n) is 3.58. The number of nitrogens with one attached hydrogen (secondary N) is 2. The lowest BCUT2D eigenvalue weighted by atomic mass is 10.2. The van der Waals surface area contributed by atoms with Gasteiger partial charge in [-0.05, 0) is 18.4 Å². The van der Waals surface area contributed by atoms with Crippen LogP contribution in [-0.4, -0.2) is 35.1 Å². The van der Waals surface area contributed by atoms with E-state index >= 15 is 0 Å². The largest absolute Gasteiger partial charge is 0.376 e. The van der Waals surface area contributed by atoms with Crippen molar-refractivity contribution >= 4 is 11.8 Å². The number of nitrogens with zero attached hydrogens (tertiary/aromatic N) is 2. The molecule has 0 bridgehead atoms. The molecule has 22 heavy (non-hydrogen) atoms. The number of anilines is 1. The molecule has 2 heterocycles. The maximum Gasteiger partial charge on any atom is 0.320 e. The Morgan fingerprint density at radius 3 is 2.95 bits per heavy atom. The van der Waals surface area contributed by atoms with Gasteiger partial charge in [0.1, 0.15) is 0 Å². The normalized spacial score (nSPS) is 17.4. The number of hydrogen-bond acceptors (Lipinski definition) is 3. The maximum atomic E-state index is 11.8. The molecule has 1 saturated heterocycles. The minimum absolute atomic E-state index is 0.140. The first-order valence-electron chi connectivity index (χ1n) is 7.53. The van der Waals surface area contributed by atoms with Gasteiger partial charge in [-0.2, -0.15) is 5.10 Å². The van der Waals surface area contributed by atoms with Crippen LogP contribution in [0.15, 0.2) is 42.6 Å². The highest BCUT2D eigenvalue weighted by Crippen LogP contribution is 2.11. The zero-order valence-electron chi connectivity index (χ0n) is 12.4. The SMILES string of the molecule is O=C(NC[C@H]1CCCO1)Nc1ccn(Cc2ccccc2)n1. The molecule has 0 unspecified atom stereocenters. The van der Waals surface area contributed by atoms with Crippen LogP contribution < -0.4 is 10.6 Å². The van der Waals surface area contributed by atoms with E-state index in [1.165, 1.54) is 5.56 Å². The van der Waals surface area contributed by atoms with E-state index in [9.17, 15) is 4.79 Å². The van der Waals surface area contributed by atoms with Crippen LogP contribution in [0.4, 0.5) is 10.6 Å². The highest BCUT2D eigenvalue weighted by molar-refractivity contribution is 5.88. The molecule has 0 radical (unpaired) electrons. The maximum absolute atomic E-state index is 11.8. The summed E-state index contributed by atoms with van der Waals surface area (Å²) < 4.78 is 7.26. The average Bonchev–Trinajstić information content (AvgIpc) is 3.18. The van der Waals surface area contributed by atoms with Gasteiger partial charge in [0.05, 0.1) is 12.6 Å². The van der Waals surface area contributed by atoms with Crippen molar-refractivity contribution in [2.24, 2.45) is 0 Å². The summed E-state index contributed by atoms with van der Waals surface area (Å²) >= 11 is 0. The molecule has 116 valence electrons. The van der Waals surface area contributed by atoms with E-state index < -0.39 is 0 Å². The Bertz CT molecular complexity index is 606. The molecule has 2 aromatic rings. The van der Waals surface area contributed by atoms with E-state index in [1.54, 1.807) is 10.7 Å². The monoisotopic (exact) mass is 300 g/mol. The third kappa shape index (κ3) is 4.08. The second-order valence-corrected chi connectivity index (χ2v) is 5.35. The van der Waals surface area contributed by atoms with Crippen LogP contribution in [-0.2, 0) is 11.3 Å². The topological polar surface area (TPSA) is 68.2 Å². The number of amides is 2. The van der Waals surface area contributed by atoms with E-state index in [1.807, 2.05) is 36.5 Å².